The number of carbonyl (C=O) groups is 2. The molecule has 31 heavy (non-hydrogen) atoms. The summed E-state index contributed by atoms with van der Waals surface area (Å²) < 4.78 is 0. The predicted molar refractivity (Wildman–Crippen MR) is 127 cm³/mol. The van der Waals surface area contributed by atoms with E-state index in [4.69, 9.17) is 0 Å². The lowest BCUT2D eigenvalue weighted by atomic mass is 9.98. The van der Waals surface area contributed by atoms with E-state index in [1.165, 1.54) is 11.1 Å². The van der Waals surface area contributed by atoms with Gasteiger partial charge in [-0.1, -0.05) is 31.2 Å². The van der Waals surface area contributed by atoms with Crippen LogP contribution in [0.5, 0.6) is 0 Å². The summed E-state index contributed by atoms with van der Waals surface area (Å²) in [5, 5.41) is 8.81. The average Bonchev–Trinajstić information content (AvgIpc) is 2.71. The van der Waals surface area contributed by atoms with Crippen LogP contribution in [-0.4, -0.2) is 30.1 Å². The topological polar surface area (TPSA) is 73.5 Å². The largest absolute Gasteiger partial charge is 0.366 e. The maximum Gasteiger partial charge on any atom is 0.319 e. The number of nitrogens with one attached hydrogen (secondary N) is 3. The molecule has 1 aliphatic rings. The number of carbonyl (C=O) groups excluding carboxylic acids is 2. The Hall–Kier alpha value is -3.02. The maximum atomic E-state index is 13.1. The molecule has 0 fully saturated rings. The fourth-order valence-electron chi connectivity index (χ4n) is 3.68. The monoisotopic (exact) mass is 422 g/mol. The Balaban J connectivity index is 1.89. The van der Waals surface area contributed by atoms with Gasteiger partial charge in [0.2, 0.25) is 0 Å². The Kier molecular flexibility index (Phi) is 6.88. The molecule has 0 spiro atoms. The molecule has 3 N–H and O–H groups in total. The van der Waals surface area contributed by atoms with Crippen LogP contribution in [0.3, 0.4) is 0 Å². The van der Waals surface area contributed by atoms with Crippen molar-refractivity contribution < 1.29 is 9.59 Å². The summed E-state index contributed by atoms with van der Waals surface area (Å²) in [7, 11) is 0. The number of benzene rings is 2. The van der Waals surface area contributed by atoms with Gasteiger partial charge in [-0.3, -0.25) is 4.79 Å². The minimum atomic E-state index is -0.345. The van der Waals surface area contributed by atoms with Crippen molar-refractivity contribution in [3.63, 3.8) is 0 Å². The molecule has 3 rings (SSSR count). The first-order valence-electron chi connectivity index (χ1n) is 11.0. The van der Waals surface area contributed by atoms with Crippen molar-refractivity contribution in [2.24, 2.45) is 0 Å². The van der Waals surface area contributed by atoms with E-state index < -0.39 is 0 Å². The van der Waals surface area contributed by atoms with Crippen molar-refractivity contribution in [2.75, 3.05) is 16.8 Å². The van der Waals surface area contributed by atoms with Gasteiger partial charge < -0.3 is 20.9 Å². The number of amides is 3. The first-order valence-corrected chi connectivity index (χ1v) is 11.0. The summed E-state index contributed by atoms with van der Waals surface area (Å²) in [6.07, 6.45) is 1.79. The highest BCUT2D eigenvalue weighted by atomic mass is 16.2. The van der Waals surface area contributed by atoms with Gasteiger partial charge in [-0.15, -0.1) is 0 Å². The van der Waals surface area contributed by atoms with E-state index in [-0.39, 0.29) is 23.5 Å². The van der Waals surface area contributed by atoms with Gasteiger partial charge in [0.05, 0.1) is 5.56 Å². The average molecular weight is 423 g/mol. The maximum absolute atomic E-state index is 13.1. The van der Waals surface area contributed by atoms with Crippen molar-refractivity contribution in [3.8, 4) is 0 Å². The standard InChI is InChI=1S/C25H34N4O2/c1-6-17(2)26-23(30)21-15-20(27-24(31)28-25(3,4)5)11-12-22(21)29-14-13-18-9-7-8-10-19(18)16-29/h7-12,15,17H,6,13-14,16H2,1-5H3,(H,26,30)(H2,27,28,31)/t17-/m1/s1. The van der Waals surface area contributed by atoms with Crippen molar-refractivity contribution in [3.05, 3.63) is 59.2 Å². The Bertz CT molecular complexity index is 949. The van der Waals surface area contributed by atoms with Gasteiger partial charge in [0.15, 0.2) is 0 Å². The van der Waals surface area contributed by atoms with E-state index in [2.05, 4.69) is 45.1 Å². The van der Waals surface area contributed by atoms with Crippen LogP contribution in [0.25, 0.3) is 0 Å². The first-order chi connectivity index (χ1) is 14.7. The second kappa shape index (κ2) is 9.41. The molecule has 0 unspecified atom stereocenters. The molecule has 6 nitrogen and oxygen atoms in total. The van der Waals surface area contributed by atoms with Crippen molar-refractivity contribution in [1.82, 2.24) is 10.6 Å². The number of fused-ring (bicyclic) bond motifs is 1. The summed E-state index contributed by atoms with van der Waals surface area (Å²) in [5.41, 5.74) is 4.36. The quantitative estimate of drug-likeness (QED) is 0.654. The number of anilines is 2. The van der Waals surface area contributed by atoms with Crippen molar-refractivity contribution in [2.45, 2.75) is 65.6 Å². The lowest BCUT2D eigenvalue weighted by Gasteiger charge is -2.32. The molecular formula is C25H34N4O2. The van der Waals surface area contributed by atoms with Crippen molar-refractivity contribution >= 4 is 23.3 Å². The van der Waals surface area contributed by atoms with Crippen LogP contribution in [0.4, 0.5) is 16.2 Å². The molecule has 0 saturated heterocycles. The first kappa shape index (κ1) is 22.7. The minimum Gasteiger partial charge on any atom is -0.366 e. The van der Waals surface area contributed by atoms with Gasteiger partial charge in [0.25, 0.3) is 5.91 Å². The van der Waals surface area contributed by atoms with Gasteiger partial charge in [0, 0.05) is 36.0 Å². The third-order valence-electron chi connectivity index (χ3n) is 5.45. The van der Waals surface area contributed by atoms with E-state index in [9.17, 15) is 9.59 Å². The lowest BCUT2D eigenvalue weighted by molar-refractivity contribution is 0.0939. The molecular weight excluding hydrogens is 388 g/mol. The van der Waals surface area contributed by atoms with E-state index in [1.54, 1.807) is 6.07 Å². The zero-order valence-corrected chi connectivity index (χ0v) is 19.2. The third-order valence-corrected chi connectivity index (χ3v) is 5.45. The Morgan fingerprint density at radius 3 is 2.48 bits per heavy atom. The Labute approximate surface area is 185 Å². The number of nitrogens with zero attached hydrogens (tertiary/aromatic N) is 1. The summed E-state index contributed by atoms with van der Waals surface area (Å²) in [5.74, 6) is -0.122. The second-order valence-electron chi connectivity index (χ2n) is 9.28. The van der Waals surface area contributed by atoms with Crippen LogP contribution in [0.2, 0.25) is 0 Å². The summed E-state index contributed by atoms with van der Waals surface area (Å²) in [4.78, 5) is 27.7. The zero-order chi connectivity index (χ0) is 22.6. The highest BCUT2D eigenvalue weighted by molar-refractivity contribution is 6.02. The molecule has 0 radical (unpaired) electrons. The molecule has 3 amide bonds. The van der Waals surface area contributed by atoms with E-state index in [0.717, 1.165) is 31.6 Å². The smallest absolute Gasteiger partial charge is 0.319 e. The molecule has 0 aromatic heterocycles. The van der Waals surface area contributed by atoms with E-state index >= 15 is 0 Å². The Morgan fingerprint density at radius 2 is 1.81 bits per heavy atom. The van der Waals surface area contributed by atoms with Crippen molar-refractivity contribution in [1.29, 1.82) is 0 Å². The fraction of sp³-hybridized carbons (Fsp3) is 0.440. The molecule has 1 atom stereocenters. The molecule has 0 aliphatic carbocycles. The normalized spacial score (nSPS) is 14.4. The van der Waals surface area contributed by atoms with Crippen LogP contribution in [-0.2, 0) is 13.0 Å². The SMILES string of the molecule is CC[C@@H](C)NC(=O)c1cc(NC(=O)NC(C)(C)C)ccc1N1CCc2ccccc2C1. The molecule has 1 heterocycles. The van der Waals surface area contributed by atoms with Crippen LogP contribution in [0, 0.1) is 0 Å². The van der Waals surface area contributed by atoms with Crippen LogP contribution < -0.4 is 20.9 Å². The summed E-state index contributed by atoms with van der Waals surface area (Å²) in [6, 6.07) is 13.8. The van der Waals surface area contributed by atoms with Gasteiger partial charge in [-0.2, -0.15) is 0 Å². The number of urea groups is 1. The fourth-order valence-corrected chi connectivity index (χ4v) is 3.68. The molecule has 0 bridgehead atoms. The van der Waals surface area contributed by atoms with Crippen LogP contribution in [0.15, 0.2) is 42.5 Å². The molecule has 2 aromatic rings. The molecule has 1 aliphatic heterocycles. The Morgan fingerprint density at radius 1 is 1.10 bits per heavy atom. The molecule has 166 valence electrons. The number of hydrogen-bond acceptors (Lipinski definition) is 3. The predicted octanol–water partition coefficient (Wildman–Crippen LogP) is 4.70. The lowest BCUT2D eigenvalue weighted by Crippen LogP contribution is -2.43. The minimum absolute atomic E-state index is 0.0724. The third kappa shape index (κ3) is 6.00. The van der Waals surface area contributed by atoms with Gasteiger partial charge in [-0.05, 0) is 69.9 Å². The molecule has 2 aromatic carbocycles. The van der Waals surface area contributed by atoms with Gasteiger partial charge >= 0.3 is 6.03 Å². The highest BCUT2D eigenvalue weighted by Crippen LogP contribution is 2.29. The highest BCUT2D eigenvalue weighted by Gasteiger charge is 2.23. The van der Waals surface area contributed by atoms with Gasteiger partial charge in [0.1, 0.15) is 0 Å². The number of rotatable bonds is 5. The van der Waals surface area contributed by atoms with Crippen LogP contribution >= 0.6 is 0 Å². The number of hydrogen-bond donors (Lipinski definition) is 3. The molecule has 6 heteroatoms. The zero-order valence-electron chi connectivity index (χ0n) is 19.2. The van der Waals surface area contributed by atoms with E-state index in [0.29, 0.717) is 11.3 Å². The van der Waals surface area contributed by atoms with Gasteiger partial charge in [-0.25, -0.2) is 4.79 Å². The molecule has 0 saturated carbocycles. The second-order valence-corrected chi connectivity index (χ2v) is 9.28. The summed E-state index contributed by atoms with van der Waals surface area (Å²) in [6.45, 7) is 11.4. The van der Waals surface area contributed by atoms with E-state index in [1.807, 2.05) is 46.8 Å². The van der Waals surface area contributed by atoms with Crippen LogP contribution in [0.1, 0.15) is 62.5 Å². The summed E-state index contributed by atoms with van der Waals surface area (Å²) >= 11 is 0.